The quantitative estimate of drug-likeness (QED) is 0.599. The Kier molecular flexibility index (Phi) is 8.88. The largest absolute Gasteiger partial charge is 0.483 e. The van der Waals surface area contributed by atoms with Gasteiger partial charge < -0.3 is 15.0 Å². The fraction of sp³-hybridized carbons (Fsp3) is 0.481. The van der Waals surface area contributed by atoms with Crippen LogP contribution in [-0.4, -0.2) is 35.4 Å². The van der Waals surface area contributed by atoms with Crippen molar-refractivity contribution in [2.45, 2.75) is 78.9 Å². The minimum atomic E-state index is -0.612. The van der Waals surface area contributed by atoms with Gasteiger partial charge in [0.15, 0.2) is 6.61 Å². The summed E-state index contributed by atoms with van der Waals surface area (Å²) in [7, 11) is 0. The summed E-state index contributed by atoms with van der Waals surface area (Å²) in [6, 6.07) is 15.2. The van der Waals surface area contributed by atoms with Crippen molar-refractivity contribution in [2.24, 2.45) is 0 Å². The van der Waals surface area contributed by atoms with Gasteiger partial charge in [0.2, 0.25) is 5.91 Å². The second kappa shape index (κ2) is 11.2. The molecule has 0 saturated carbocycles. The van der Waals surface area contributed by atoms with Crippen LogP contribution in [0.25, 0.3) is 0 Å². The highest BCUT2D eigenvalue weighted by molar-refractivity contribution is 5.88. The average Bonchev–Trinajstić information content (AvgIpc) is 2.76. The molecule has 0 radical (unpaired) electrons. The molecule has 0 aliphatic carbocycles. The molecule has 2 aromatic carbocycles. The molecule has 2 amide bonds. The number of amides is 2. The van der Waals surface area contributed by atoms with Crippen LogP contribution < -0.4 is 10.1 Å². The third-order valence-electron chi connectivity index (χ3n) is 5.69. The summed E-state index contributed by atoms with van der Waals surface area (Å²) in [6.07, 6.45) is 0.830. The average molecular weight is 439 g/mol. The number of carbonyl (C=O) groups excluding carboxylic acids is 2. The van der Waals surface area contributed by atoms with E-state index in [1.54, 1.807) is 11.8 Å². The number of benzene rings is 2. The van der Waals surface area contributed by atoms with Crippen molar-refractivity contribution in [3.05, 3.63) is 65.2 Å². The van der Waals surface area contributed by atoms with Gasteiger partial charge in [-0.2, -0.15) is 0 Å². The Hall–Kier alpha value is -2.82. The molecule has 0 aromatic heterocycles. The number of carbonyl (C=O) groups is 2. The summed E-state index contributed by atoms with van der Waals surface area (Å²) in [5.41, 5.74) is 3.06. The fourth-order valence-corrected chi connectivity index (χ4v) is 3.37. The molecule has 2 aromatic rings. The van der Waals surface area contributed by atoms with Crippen molar-refractivity contribution in [1.82, 2.24) is 10.2 Å². The number of rotatable bonds is 9. The van der Waals surface area contributed by atoms with E-state index in [0.717, 1.165) is 23.1 Å². The predicted molar refractivity (Wildman–Crippen MR) is 130 cm³/mol. The molecule has 0 heterocycles. The molecule has 0 saturated heterocycles. The molecule has 2 rings (SSSR count). The number of para-hydroxylation sites is 1. The molecule has 0 aliphatic rings. The molecule has 0 fully saturated rings. The topological polar surface area (TPSA) is 58.6 Å². The lowest BCUT2D eigenvalue weighted by atomic mass is 9.86. The second-order valence-corrected chi connectivity index (χ2v) is 9.54. The van der Waals surface area contributed by atoms with Crippen LogP contribution in [0.2, 0.25) is 0 Å². The van der Waals surface area contributed by atoms with E-state index >= 15 is 0 Å². The summed E-state index contributed by atoms with van der Waals surface area (Å²) >= 11 is 0. The van der Waals surface area contributed by atoms with E-state index in [4.69, 9.17) is 4.74 Å². The molecular weight excluding hydrogens is 400 g/mol. The van der Waals surface area contributed by atoms with Crippen LogP contribution in [0.3, 0.4) is 0 Å². The van der Waals surface area contributed by atoms with Crippen LogP contribution >= 0.6 is 0 Å². The Morgan fingerprint density at radius 3 is 2.25 bits per heavy atom. The monoisotopic (exact) mass is 438 g/mol. The molecule has 0 spiro atoms. The van der Waals surface area contributed by atoms with Crippen molar-refractivity contribution >= 4 is 11.8 Å². The van der Waals surface area contributed by atoms with Gasteiger partial charge in [-0.25, -0.2) is 0 Å². The molecule has 5 heteroatoms. The Labute approximate surface area is 193 Å². The number of nitrogens with one attached hydrogen (secondary N) is 1. The Bertz CT molecular complexity index is 900. The predicted octanol–water partition coefficient (Wildman–Crippen LogP) is 5.00. The normalized spacial score (nSPS) is 13.2. The number of ether oxygens (including phenoxy) is 1. The number of hydrogen-bond donors (Lipinski definition) is 1. The number of nitrogens with zero attached hydrogens (tertiary/aromatic N) is 1. The Morgan fingerprint density at radius 2 is 1.66 bits per heavy atom. The maximum absolute atomic E-state index is 13.3. The van der Waals surface area contributed by atoms with Gasteiger partial charge >= 0.3 is 0 Å². The first-order chi connectivity index (χ1) is 15.0. The van der Waals surface area contributed by atoms with Gasteiger partial charge in [-0.05, 0) is 49.8 Å². The first kappa shape index (κ1) is 25.4. The van der Waals surface area contributed by atoms with Gasteiger partial charge in [-0.15, -0.1) is 0 Å². The highest BCUT2D eigenvalue weighted by Gasteiger charge is 2.28. The standard InChI is InChI=1S/C27H38N2O3/c1-8-20(3)28-26(31)21(4)29(17-22-15-13-19(2)14-16-22)25(30)18-32-24-12-10-9-11-23(24)27(5,6)7/h9-16,20-21H,8,17-18H2,1-7H3,(H,28,31)/t20-,21+/m1/s1. The van der Waals surface area contributed by atoms with Gasteiger partial charge in [0.05, 0.1) is 0 Å². The summed E-state index contributed by atoms with van der Waals surface area (Å²) in [5, 5.41) is 2.99. The van der Waals surface area contributed by atoms with Crippen molar-refractivity contribution in [3.8, 4) is 5.75 Å². The zero-order chi connectivity index (χ0) is 23.9. The van der Waals surface area contributed by atoms with E-state index in [-0.39, 0.29) is 29.9 Å². The maximum atomic E-state index is 13.3. The lowest BCUT2D eigenvalue weighted by molar-refractivity contribution is -0.142. The van der Waals surface area contributed by atoms with Gasteiger partial charge in [0.1, 0.15) is 11.8 Å². The van der Waals surface area contributed by atoms with Crippen LogP contribution in [0, 0.1) is 6.92 Å². The highest BCUT2D eigenvalue weighted by Crippen LogP contribution is 2.31. The first-order valence-corrected chi connectivity index (χ1v) is 11.4. The summed E-state index contributed by atoms with van der Waals surface area (Å²) in [4.78, 5) is 27.7. The third kappa shape index (κ3) is 7.11. The van der Waals surface area contributed by atoms with Gasteiger partial charge in [-0.3, -0.25) is 9.59 Å². The van der Waals surface area contributed by atoms with Gasteiger partial charge in [0, 0.05) is 12.6 Å². The zero-order valence-corrected chi connectivity index (χ0v) is 20.6. The van der Waals surface area contributed by atoms with Crippen LogP contribution in [0.4, 0.5) is 0 Å². The lowest BCUT2D eigenvalue weighted by Crippen LogP contribution is -2.50. The number of aryl methyl sites for hydroxylation is 1. The van der Waals surface area contributed by atoms with Crippen molar-refractivity contribution in [3.63, 3.8) is 0 Å². The zero-order valence-electron chi connectivity index (χ0n) is 20.6. The minimum absolute atomic E-state index is 0.0520. The molecule has 174 valence electrons. The Balaban J connectivity index is 2.21. The van der Waals surface area contributed by atoms with Crippen LogP contribution in [-0.2, 0) is 21.5 Å². The van der Waals surface area contributed by atoms with Crippen molar-refractivity contribution in [2.75, 3.05) is 6.61 Å². The maximum Gasteiger partial charge on any atom is 0.261 e. The van der Waals surface area contributed by atoms with E-state index in [9.17, 15) is 9.59 Å². The van der Waals surface area contributed by atoms with E-state index < -0.39 is 6.04 Å². The van der Waals surface area contributed by atoms with Gasteiger partial charge in [-0.1, -0.05) is 75.7 Å². The molecule has 5 nitrogen and oxygen atoms in total. The van der Waals surface area contributed by atoms with Crippen LogP contribution in [0.1, 0.15) is 64.7 Å². The van der Waals surface area contributed by atoms with Crippen LogP contribution in [0.15, 0.2) is 48.5 Å². The smallest absolute Gasteiger partial charge is 0.261 e. The first-order valence-electron chi connectivity index (χ1n) is 11.4. The summed E-state index contributed by atoms with van der Waals surface area (Å²) in [5.74, 6) is 0.316. The molecule has 32 heavy (non-hydrogen) atoms. The molecule has 2 atom stereocenters. The third-order valence-corrected chi connectivity index (χ3v) is 5.69. The van der Waals surface area contributed by atoms with Crippen molar-refractivity contribution in [1.29, 1.82) is 0 Å². The van der Waals surface area contributed by atoms with E-state index in [1.807, 2.05) is 69.3 Å². The Morgan fingerprint density at radius 1 is 1.03 bits per heavy atom. The number of hydrogen-bond acceptors (Lipinski definition) is 3. The van der Waals surface area contributed by atoms with E-state index in [1.165, 1.54) is 0 Å². The van der Waals surface area contributed by atoms with Gasteiger partial charge in [0.25, 0.3) is 5.91 Å². The summed E-state index contributed by atoms with van der Waals surface area (Å²) in [6.45, 7) is 14.3. The van der Waals surface area contributed by atoms with Crippen molar-refractivity contribution < 1.29 is 14.3 Å². The minimum Gasteiger partial charge on any atom is -0.483 e. The molecule has 0 aliphatic heterocycles. The molecule has 0 bridgehead atoms. The highest BCUT2D eigenvalue weighted by atomic mass is 16.5. The fourth-order valence-electron chi connectivity index (χ4n) is 3.37. The van der Waals surface area contributed by atoms with E-state index in [2.05, 4.69) is 26.1 Å². The lowest BCUT2D eigenvalue weighted by Gasteiger charge is -2.30. The SMILES string of the molecule is CC[C@@H](C)NC(=O)[C@H](C)N(Cc1ccc(C)cc1)C(=O)COc1ccccc1C(C)(C)C. The molecule has 1 N–H and O–H groups in total. The van der Waals surface area contributed by atoms with Crippen LogP contribution in [0.5, 0.6) is 5.75 Å². The second-order valence-electron chi connectivity index (χ2n) is 9.54. The summed E-state index contributed by atoms with van der Waals surface area (Å²) < 4.78 is 5.97. The molecular formula is C27H38N2O3. The molecule has 0 unspecified atom stereocenters. The van der Waals surface area contributed by atoms with E-state index in [0.29, 0.717) is 12.3 Å².